The fraction of sp³-hybridized carbons (Fsp3) is 0.269. The minimum Gasteiger partial charge on any atom is -0.491 e. The standard InChI is InChI=1S/C26H28F2N2O4S/c1-19(2)34-24-13-5-20(6-14-24)4-3-17-29-26(31)18-30(23-11-7-21(27)8-12-23)35(32,33)25-15-9-22(28)10-16-25/h5-16,19H,3-4,17-18H2,1-2H3,(H,29,31). The number of carbonyl (C=O) groups is 1. The molecule has 0 aromatic heterocycles. The van der Waals surface area contributed by atoms with Gasteiger partial charge in [-0.05, 0) is 92.9 Å². The number of sulfonamides is 1. The topological polar surface area (TPSA) is 75.7 Å². The lowest BCUT2D eigenvalue weighted by Crippen LogP contribution is -2.41. The van der Waals surface area contributed by atoms with Gasteiger partial charge in [0, 0.05) is 6.54 Å². The van der Waals surface area contributed by atoms with Gasteiger partial charge in [-0.3, -0.25) is 9.10 Å². The number of amides is 1. The van der Waals surface area contributed by atoms with Gasteiger partial charge in [0.2, 0.25) is 5.91 Å². The van der Waals surface area contributed by atoms with Crippen LogP contribution in [-0.2, 0) is 21.2 Å². The molecule has 0 heterocycles. The molecule has 0 radical (unpaired) electrons. The van der Waals surface area contributed by atoms with Crippen LogP contribution in [0.4, 0.5) is 14.5 Å². The molecule has 3 aromatic rings. The van der Waals surface area contributed by atoms with Crippen molar-refractivity contribution in [2.45, 2.75) is 37.7 Å². The molecule has 0 aliphatic heterocycles. The van der Waals surface area contributed by atoms with E-state index in [1.807, 2.05) is 38.1 Å². The van der Waals surface area contributed by atoms with Gasteiger partial charge in [-0.1, -0.05) is 12.1 Å². The second kappa shape index (κ2) is 11.8. The van der Waals surface area contributed by atoms with Gasteiger partial charge in [-0.2, -0.15) is 0 Å². The van der Waals surface area contributed by atoms with E-state index in [4.69, 9.17) is 4.74 Å². The summed E-state index contributed by atoms with van der Waals surface area (Å²) in [6.45, 7) is 3.75. The Balaban J connectivity index is 1.62. The molecule has 0 atom stereocenters. The van der Waals surface area contributed by atoms with Crippen LogP contribution in [0.3, 0.4) is 0 Å². The average molecular weight is 503 g/mol. The third-order valence-electron chi connectivity index (χ3n) is 5.06. The van der Waals surface area contributed by atoms with Crippen molar-refractivity contribution >= 4 is 21.6 Å². The van der Waals surface area contributed by atoms with Crippen LogP contribution in [0.1, 0.15) is 25.8 Å². The Morgan fingerprint density at radius 2 is 1.49 bits per heavy atom. The number of benzene rings is 3. The van der Waals surface area contributed by atoms with Gasteiger partial charge in [-0.25, -0.2) is 17.2 Å². The van der Waals surface area contributed by atoms with E-state index in [1.54, 1.807) is 0 Å². The van der Waals surface area contributed by atoms with E-state index >= 15 is 0 Å². The minimum atomic E-state index is -4.19. The van der Waals surface area contributed by atoms with Crippen LogP contribution in [0.25, 0.3) is 0 Å². The summed E-state index contributed by atoms with van der Waals surface area (Å²) in [7, 11) is -4.19. The lowest BCUT2D eigenvalue weighted by Gasteiger charge is -2.24. The molecule has 0 unspecified atom stereocenters. The lowest BCUT2D eigenvalue weighted by molar-refractivity contribution is -0.119. The molecule has 35 heavy (non-hydrogen) atoms. The van der Waals surface area contributed by atoms with Crippen LogP contribution in [0, 0.1) is 11.6 Å². The Morgan fingerprint density at radius 1 is 0.914 bits per heavy atom. The Hall–Kier alpha value is -3.46. The highest BCUT2D eigenvalue weighted by Gasteiger charge is 2.27. The summed E-state index contributed by atoms with van der Waals surface area (Å²) in [5.41, 5.74) is 1.21. The second-order valence-electron chi connectivity index (χ2n) is 8.21. The zero-order chi connectivity index (χ0) is 25.4. The highest BCUT2D eigenvalue weighted by molar-refractivity contribution is 7.92. The molecule has 9 heteroatoms. The average Bonchev–Trinajstić information content (AvgIpc) is 2.82. The maximum atomic E-state index is 13.4. The van der Waals surface area contributed by atoms with E-state index in [2.05, 4.69) is 5.32 Å². The quantitative estimate of drug-likeness (QED) is 0.386. The fourth-order valence-electron chi connectivity index (χ4n) is 3.37. The SMILES string of the molecule is CC(C)Oc1ccc(CCCNC(=O)CN(c2ccc(F)cc2)S(=O)(=O)c2ccc(F)cc2)cc1. The molecule has 0 fully saturated rings. The third-order valence-corrected chi connectivity index (χ3v) is 6.85. The van der Waals surface area contributed by atoms with Gasteiger partial charge in [-0.15, -0.1) is 0 Å². The normalized spacial score (nSPS) is 11.3. The highest BCUT2D eigenvalue weighted by Crippen LogP contribution is 2.24. The van der Waals surface area contributed by atoms with Gasteiger partial charge in [0.25, 0.3) is 10.0 Å². The molecule has 0 aliphatic rings. The van der Waals surface area contributed by atoms with Gasteiger partial charge < -0.3 is 10.1 Å². The first kappa shape index (κ1) is 26.2. The summed E-state index contributed by atoms with van der Waals surface area (Å²) in [6, 6.07) is 16.8. The first-order valence-corrected chi connectivity index (χ1v) is 12.7. The molecule has 1 N–H and O–H groups in total. The van der Waals surface area contributed by atoms with E-state index in [9.17, 15) is 22.0 Å². The number of nitrogens with one attached hydrogen (secondary N) is 1. The van der Waals surface area contributed by atoms with E-state index in [0.29, 0.717) is 13.0 Å². The van der Waals surface area contributed by atoms with Crippen molar-refractivity contribution in [2.75, 3.05) is 17.4 Å². The minimum absolute atomic E-state index is 0.0948. The molecule has 6 nitrogen and oxygen atoms in total. The van der Waals surface area contributed by atoms with E-state index < -0.39 is 34.1 Å². The van der Waals surface area contributed by atoms with E-state index in [-0.39, 0.29) is 16.7 Å². The molecule has 0 bridgehead atoms. The largest absolute Gasteiger partial charge is 0.491 e. The zero-order valence-electron chi connectivity index (χ0n) is 19.6. The van der Waals surface area contributed by atoms with Crippen molar-refractivity contribution < 1.29 is 26.7 Å². The number of hydrogen-bond donors (Lipinski definition) is 1. The lowest BCUT2D eigenvalue weighted by atomic mass is 10.1. The Kier molecular flexibility index (Phi) is 8.81. The fourth-order valence-corrected chi connectivity index (χ4v) is 4.79. The maximum absolute atomic E-state index is 13.4. The summed E-state index contributed by atoms with van der Waals surface area (Å²) >= 11 is 0. The van der Waals surface area contributed by atoms with Crippen LogP contribution in [0.15, 0.2) is 77.7 Å². The van der Waals surface area contributed by atoms with Gasteiger partial charge in [0.05, 0.1) is 16.7 Å². The molecule has 186 valence electrons. The Labute approximate surface area is 204 Å². The number of nitrogens with zero attached hydrogens (tertiary/aromatic N) is 1. The molecule has 3 aromatic carbocycles. The van der Waals surface area contributed by atoms with E-state index in [0.717, 1.165) is 58.4 Å². The summed E-state index contributed by atoms with van der Waals surface area (Å²) in [5.74, 6) is -0.848. The van der Waals surface area contributed by atoms with Gasteiger partial charge in [0.15, 0.2) is 0 Å². The van der Waals surface area contributed by atoms with Gasteiger partial charge in [0.1, 0.15) is 23.9 Å². The van der Waals surface area contributed by atoms with Crippen molar-refractivity contribution in [3.63, 3.8) is 0 Å². The monoisotopic (exact) mass is 502 g/mol. The van der Waals surface area contributed by atoms with Crippen LogP contribution in [-0.4, -0.2) is 33.5 Å². The number of halogens is 2. The smallest absolute Gasteiger partial charge is 0.264 e. The summed E-state index contributed by atoms with van der Waals surface area (Å²) in [6.07, 6.45) is 1.47. The number of hydrogen-bond acceptors (Lipinski definition) is 4. The van der Waals surface area contributed by atoms with Gasteiger partial charge >= 0.3 is 0 Å². The molecule has 0 spiro atoms. The van der Waals surface area contributed by atoms with Crippen LogP contribution < -0.4 is 14.4 Å². The first-order valence-electron chi connectivity index (χ1n) is 11.2. The maximum Gasteiger partial charge on any atom is 0.264 e. The first-order chi connectivity index (χ1) is 16.6. The van der Waals surface area contributed by atoms with Crippen molar-refractivity contribution in [2.24, 2.45) is 0 Å². The number of carbonyl (C=O) groups excluding carboxylic acids is 1. The Bertz CT molecular complexity index is 1210. The highest BCUT2D eigenvalue weighted by atomic mass is 32.2. The number of rotatable bonds is 11. The number of aryl methyl sites for hydroxylation is 1. The predicted octanol–water partition coefficient (Wildman–Crippen LogP) is 4.70. The second-order valence-corrected chi connectivity index (χ2v) is 10.1. The number of ether oxygens (including phenoxy) is 1. The van der Waals surface area contributed by atoms with Crippen molar-refractivity contribution in [3.05, 3.63) is 90.0 Å². The molecule has 0 saturated carbocycles. The molecular weight excluding hydrogens is 474 g/mol. The van der Waals surface area contributed by atoms with E-state index in [1.165, 1.54) is 12.1 Å². The predicted molar refractivity (Wildman–Crippen MR) is 131 cm³/mol. The molecule has 1 amide bonds. The van der Waals surface area contributed by atoms with Crippen molar-refractivity contribution in [1.82, 2.24) is 5.32 Å². The summed E-state index contributed by atoms with van der Waals surface area (Å²) in [5, 5.41) is 2.73. The van der Waals surface area contributed by atoms with Crippen LogP contribution in [0.2, 0.25) is 0 Å². The van der Waals surface area contributed by atoms with Crippen LogP contribution in [0.5, 0.6) is 5.75 Å². The molecule has 0 aliphatic carbocycles. The molecule has 3 rings (SSSR count). The Morgan fingerprint density at radius 3 is 2.06 bits per heavy atom. The van der Waals surface area contributed by atoms with Crippen molar-refractivity contribution in [3.8, 4) is 5.75 Å². The van der Waals surface area contributed by atoms with Crippen molar-refractivity contribution in [1.29, 1.82) is 0 Å². The molecule has 0 saturated heterocycles. The van der Waals surface area contributed by atoms with Crippen LogP contribution >= 0.6 is 0 Å². The summed E-state index contributed by atoms with van der Waals surface area (Å²) < 4.78 is 59.6. The number of anilines is 1. The third kappa shape index (κ3) is 7.51. The molecular formula is C26H28F2N2O4S. The zero-order valence-corrected chi connectivity index (χ0v) is 20.4. The summed E-state index contributed by atoms with van der Waals surface area (Å²) in [4.78, 5) is 12.4.